The summed E-state index contributed by atoms with van der Waals surface area (Å²) in [5, 5.41) is 0. The summed E-state index contributed by atoms with van der Waals surface area (Å²) in [6.07, 6.45) is 89.3. The van der Waals surface area contributed by atoms with E-state index in [1.807, 2.05) is 0 Å². The second kappa shape index (κ2) is 67.1. The summed E-state index contributed by atoms with van der Waals surface area (Å²) >= 11 is 0. The Hall–Kier alpha value is -3.41. The molecule has 0 saturated carbocycles. The quantitative estimate of drug-likeness (QED) is 0.0261. The maximum absolute atomic E-state index is 12.8. The van der Waals surface area contributed by atoms with Crippen LogP contribution in [-0.2, 0) is 28.6 Å². The van der Waals surface area contributed by atoms with Crippen molar-refractivity contribution in [3.05, 3.63) is 85.1 Å². The zero-order chi connectivity index (χ0) is 57.1. The van der Waals surface area contributed by atoms with Crippen LogP contribution >= 0.6 is 0 Å². The Balaban J connectivity index is 4.07. The van der Waals surface area contributed by atoms with Crippen molar-refractivity contribution >= 4 is 17.9 Å². The van der Waals surface area contributed by atoms with Gasteiger partial charge in [-0.15, -0.1) is 0 Å². The second-order valence-corrected chi connectivity index (χ2v) is 22.7. The Morgan fingerprint density at radius 3 is 0.848 bits per heavy atom. The molecule has 0 aromatic carbocycles. The highest BCUT2D eigenvalue weighted by molar-refractivity contribution is 5.71. The van der Waals surface area contributed by atoms with Crippen molar-refractivity contribution in [2.75, 3.05) is 13.2 Å². The highest BCUT2D eigenvalue weighted by atomic mass is 16.6. The number of unbranched alkanes of at least 4 members (excludes halogenated alkanes) is 37. The first-order valence-corrected chi connectivity index (χ1v) is 34.1. The summed E-state index contributed by atoms with van der Waals surface area (Å²) in [4.78, 5) is 38.2. The van der Waals surface area contributed by atoms with Crippen molar-refractivity contribution < 1.29 is 28.6 Å². The first-order valence-electron chi connectivity index (χ1n) is 34.1. The molecule has 0 rings (SSSR count). The van der Waals surface area contributed by atoms with Gasteiger partial charge in [-0.3, -0.25) is 14.4 Å². The maximum Gasteiger partial charge on any atom is 0.306 e. The molecule has 456 valence electrons. The first-order chi connectivity index (χ1) is 39.0. The summed E-state index contributed by atoms with van der Waals surface area (Å²) in [5.74, 6) is -0.934. The molecular formula is C73H128O6. The van der Waals surface area contributed by atoms with E-state index in [2.05, 4.69) is 106 Å². The molecule has 1 atom stereocenters. The molecule has 1 unspecified atom stereocenters. The van der Waals surface area contributed by atoms with Crippen LogP contribution in [0.3, 0.4) is 0 Å². The standard InChI is InChI=1S/C73H128O6/c1-4-7-10-13-16-19-22-24-26-27-28-29-30-31-32-33-34-35-36-37-38-39-40-41-42-43-44-45-47-48-51-54-57-60-63-66-72(75)78-69-70(68-77-71(74)65-62-59-56-53-50-21-18-15-12-9-6-3)79-73(76)67-64-61-58-55-52-49-46-25-23-20-17-14-11-8-5-2/h8,11,15,17-18,20,22,24-25,27-28,46,52,55,70H,4-7,9-10,12-14,16,19,21,23,26,29-45,47-51,53-54,56-69H2,1-3H3/b11-8-,18-15-,20-17-,24-22-,28-27-,46-25-,55-52-. The molecule has 0 fully saturated rings. The summed E-state index contributed by atoms with van der Waals surface area (Å²) in [6.45, 7) is 6.46. The summed E-state index contributed by atoms with van der Waals surface area (Å²) in [6, 6.07) is 0. The zero-order valence-corrected chi connectivity index (χ0v) is 52.4. The largest absolute Gasteiger partial charge is 0.462 e. The highest BCUT2D eigenvalue weighted by Crippen LogP contribution is 2.17. The second-order valence-electron chi connectivity index (χ2n) is 22.7. The van der Waals surface area contributed by atoms with Gasteiger partial charge in [0, 0.05) is 19.3 Å². The lowest BCUT2D eigenvalue weighted by Crippen LogP contribution is -2.30. The summed E-state index contributed by atoms with van der Waals surface area (Å²) < 4.78 is 16.8. The van der Waals surface area contributed by atoms with Crippen molar-refractivity contribution in [3.63, 3.8) is 0 Å². The number of carbonyl (C=O) groups excluding carboxylic acids is 3. The van der Waals surface area contributed by atoms with Gasteiger partial charge in [0.25, 0.3) is 0 Å². The number of esters is 3. The Labute approximate surface area is 490 Å². The van der Waals surface area contributed by atoms with Crippen LogP contribution in [0.4, 0.5) is 0 Å². The van der Waals surface area contributed by atoms with E-state index < -0.39 is 6.10 Å². The molecule has 0 saturated heterocycles. The average molecular weight is 1100 g/mol. The number of hydrogen-bond acceptors (Lipinski definition) is 6. The topological polar surface area (TPSA) is 78.9 Å². The van der Waals surface area contributed by atoms with Crippen molar-refractivity contribution in [3.8, 4) is 0 Å². The van der Waals surface area contributed by atoms with E-state index in [0.29, 0.717) is 19.3 Å². The number of ether oxygens (including phenoxy) is 3. The molecule has 0 spiro atoms. The molecule has 0 N–H and O–H groups in total. The van der Waals surface area contributed by atoms with Gasteiger partial charge in [0.05, 0.1) is 0 Å². The molecule has 0 radical (unpaired) electrons. The smallest absolute Gasteiger partial charge is 0.306 e. The molecule has 0 aromatic heterocycles. The minimum absolute atomic E-state index is 0.0930. The minimum Gasteiger partial charge on any atom is -0.462 e. The highest BCUT2D eigenvalue weighted by Gasteiger charge is 2.19. The van der Waals surface area contributed by atoms with Crippen LogP contribution in [0.2, 0.25) is 0 Å². The number of carbonyl (C=O) groups is 3. The van der Waals surface area contributed by atoms with Crippen LogP contribution in [0.1, 0.15) is 342 Å². The van der Waals surface area contributed by atoms with Gasteiger partial charge in [-0.2, -0.15) is 0 Å². The van der Waals surface area contributed by atoms with Gasteiger partial charge in [0.2, 0.25) is 0 Å². The van der Waals surface area contributed by atoms with Crippen LogP contribution in [0.25, 0.3) is 0 Å². The third kappa shape index (κ3) is 65.3. The van der Waals surface area contributed by atoms with E-state index in [-0.39, 0.29) is 37.5 Å². The van der Waals surface area contributed by atoms with Crippen LogP contribution in [0.15, 0.2) is 85.1 Å². The molecule has 0 aromatic rings. The van der Waals surface area contributed by atoms with Gasteiger partial charge in [0.1, 0.15) is 13.2 Å². The van der Waals surface area contributed by atoms with Gasteiger partial charge in [0.15, 0.2) is 6.10 Å². The lowest BCUT2D eigenvalue weighted by atomic mass is 10.0. The molecule has 0 aliphatic heterocycles. The van der Waals surface area contributed by atoms with Gasteiger partial charge >= 0.3 is 17.9 Å². The fourth-order valence-corrected chi connectivity index (χ4v) is 9.74. The summed E-state index contributed by atoms with van der Waals surface area (Å²) in [7, 11) is 0. The fourth-order valence-electron chi connectivity index (χ4n) is 9.74. The Morgan fingerprint density at radius 1 is 0.266 bits per heavy atom. The number of hydrogen-bond donors (Lipinski definition) is 0. The van der Waals surface area contributed by atoms with Gasteiger partial charge in [-0.05, 0) is 109 Å². The monoisotopic (exact) mass is 1100 g/mol. The zero-order valence-electron chi connectivity index (χ0n) is 52.4. The van der Waals surface area contributed by atoms with Crippen molar-refractivity contribution in [1.29, 1.82) is 0 Å². The minimum atomic E-state index is -0.800. The molecule has 0 aliphatic carbocycles. The van der Waals surface area contributed by atoms with E-state index in [1.54, 1.807) is 0 Å². The molecule has 79 heavy (non-hydrogen) atoms. The molecule has 0 bridgehead atoms. The third-order valence-electron chi connectivity index (χ3n) is 14.9. The maximum atomic E-state index is 12.8. The predicted octanol–water partition coefficient (Wildman–Crippen LogP) is 23.4. The molecule has 0 aliphatic rings. The fraction of sp³-hybridized carbons (Fsp3) is 0.767. The molecule has 6 nitrogen and oxygen atoms in total. The molecule has 0 heterocycles. The van der Waals surface area contributed by atoms with Crippen molar-refractivity contribution in [2.45, 2.75) is 348 Å². The van der Waals surface area contributed by atoms with E-state index in [9.17, 15) is 14.4 Å². The first kappa shape index (κ1) is 75.6. The van der Waals surface area contributed by atoms with E-state index in [0.717, 1.165) is 89.9 Å². The SMILES string of the molecule is CC/C=C\C/C=C\C/C=C\C/C=C\CCCCC(=O)OC(COC(=O)CCCCCCC/C=C\CCCC)COC(=O)CCCCCCCCCCCCCCCCCCCCCCCCC/C=C\C/C=C\CCCCCCC. The van der Waals surface area contributed by atoms with Gasteiger partial charge < -0.3 is 14.2 Å². The van der Waals surface area contributed by atoms with Crippen LogP contribution in [0.5, 0.6) is 0 Å². The van der Waals surface area contributed by atoms with Gasteiger partial charge in [-0.25, -0.2) is 0 Å². The molecule has 6 heteroatoms. The van der Waals surface area contributed by atoms with Crippen molar-refractivity contribution in [1.82, 2.24) is 0 Å². The number of rotatable bonds is 62. The van der Waals surface area contributed by atoms with E-state index in [4.69, 9.17) is 14.2 Å². The third-order valence-corrected chi connectivity index (χ3v) is 14.9. The van der Waals surface area contributed by atoms with Crippen molar-refractivity contribution in [2.24, 2.45) is 0 Å². The van der Waals surface area contributed by atoms with E-state index >= 15 is 0 Å². The molecule has 0 amide bonds. The predicted molar refractivity (Wildman–Crippen MR) is 344 cm³/mol. The Morgan fingerprint density at radius 2 is 0.506 bits per heavy atom. The van der Waals surface area contributed by atoms with E-state index in [1.165, 1.54) is 205 Å². The molecular weight excluding hydrogens is 973 g/mol. The average Bonchev–Trinajstić information content (AvgIpc) is 3.45. The normalized spacial score (nSPS) is 12.6. The Kier molecular flexibility index (Phi) is 64.2. The number of allylic oxidation sites excluding steroid dienone is 14. The summed E-state index contributed by atoms with van der Waals surface area (Å²) in [5.41, 5.74) is 0. The van der Waals surface area contributed by atoms with Crippen LogP contribution in [0, 0.1) is 0 Å². The lowest BCUT2D eigenvalue weighted by Gasteiger charge is -2.18. The van der Waals surface area contributed by atoms with Crippen LogP contribution in [-0.4, -0.2) is 37.2 Å². The van der Waals surface area contributed by atoms with Crippen LogP contribution < -0.4 is 0 Å². The lowest BCUT2D eigenvalue weighted by molar-refractivity contribution is -0.167. The van der Waals surface area contributed by atoms with Gasteiger partial charge in [-0.1, -0.05) is 298 Å². The Bertz CT molecular complexity index is 1500.